The van der Waals surface area contributed by atoms with Crippen molar-refractivity contribution in [3.63, 3.8) is 0 Å². The summed E-state index contributed by atoms with van der Waals surface area (Å²) in [5.74, 6) is -3.02. The normalized spacial score (nSPS) is 28.4. The molecule has 2 aliphatic carbocycles. The van der Waals surface area contributed by atoms with Crippen LogP contribution in [0.25, 0.3) is 0 Å². The maximum atomic E-state index is 14.2. The molecule has 4 amide bonds. The molecule has 5 atom stereocenters. The summed E-state index contributed by atoms with van der Waals surface area (Å²) in [7, 11) is -2.47. The molecule has 1 aromatic rings. The molecule has 49 heavy (non-hydrogen) atoms. The second-order valence-corrected chi connectivity index (χ2v) is 15.8. The number of hydrogen-bond donors (Lipinski definition) is 3. The van der Waals surface area contributed by atoms with Gasteiger partial charge in [-0.1, -0.05) is 18.2 Å². The molecule has 3 N–H and O–H groups in total. The highest BCUT2D eigenvalue weighted by Gasteiger charge is 2.62. The van der Waals surface area contributed by atoms with E-state index in [1.165, 1.54) is 18.1 Å². The highest BCUT2D eigenvalue weighted by Crippen LogP contribution is 2.46. The monoisotopic (exact) mass is 704 g/mol. The van der Waals surface area contributed by atoms with Crippen LogP contribution in [-0.2, 0) is 38.6 Å². The van der Waals surface area contributed by atoms with Crippen LogP contribution < -0.4 is 20.1 Å². The third-order valence-electron chi connectivity index (χ3n) is 8.74. The number of fused-ring (bicyclic) bond motifs is 2. The van der Waals surface area contributed by atoms with E-state index in [1.54, 1.807) is 51.1 Å². The van der Waals surface area contributed by atoms with Gasteiger partial charge in [-0.15, -0.1) is 0 Å². The molecule has 268 valence electrons. The molecule has 2 aliphatic heterocycles. The summed E-state index contributed by atoms with van der Waals surface area (Å²) in [4.78, 5) is 68.9. The van der Waals surface area contributed by atoms with Crippen LogP contribution in [0.3, 0.4) is 0 Å². The number of alkyl carbamates (subject to hydrolysis) is 1. The van der Waals surface area contributed by atoms with Crippen LogP contribution >= 0.6 is 0 Å². The van der Waals surface area contributed by atoms with Gasteiger partial charge in [-0.2, -0.15) is 0 Å². The van der Waals surface area contributed by atoms with Gasteiger partial charge < -0.3 is 34.5 Å². The van der Waals surface area contributed by atoms with Crippen molar-refractivity contribution in [2.75, 3.05) is 26.9 Å². The highest BCUT2D eigenvalue weighted by atomic mass is 32.2. The van der Waals surface area contributed by atoms with Crippen LogP contribution in [0.4, 0.5) is 4.79 Å². The van der Waals surface area contributed by atoms with Crippen molar-refractivity contribution in [1.82, 2.24) is 20.3 Å². The highest BCUT2D eigenvalue weighted by molar-refractivity contribution is 7.91. The predicted octanol–water partition coefficient (Wildman–Crippen LogP) is 1.56. The lowest BCUT2D eigenvalue weighted by Crippen LogP contribution is -2.58. The second-order valence-electron chi connectivity index (χ2n) is 13.8. The van der Waals surface area contributed by atoms with Gasteiger partial charge >= 0.3 is 12.1 Å². The first-order valence-electron chi connectivity index (χ1n) is 16.4. The molecule has 0 spiro atoms. The quantitative estimate of drug-likeness (QED) is 0.275. The number of ether oxygens (including phenoxy) is 4. The van der Waals surface area contributed by atoms with Crippen molar-refractivity contribution < 1.29 is 51.3 Å². The largest absolute Gasteiger partial charge is 0.497 e. The number of benzene rings is 1. The van der Waals surface area contributed by atoms with Crippen LogP contribution in [-0.4, -0.2) is 105 Å². The van der Waals surface area contributed by atoms with E-state index in [0.717, 1.165) is 0 Å². The predicted molar refractivity (Wildman–Crippen MR) is 174 cm³/mol. The molecule has 2 heterocycles. The van der Waals surface area contributed by atoms with Gasteiger partial charge in [-0.05, 0) is 71.1 Å². The first-order chi connectivity index (χ1) is 23.1. The van der Waals surface area contributed by atoms with Crippen LogP contribution in [0.1, 0.15) is 69.7 Å². The summed E-state index contributed by atoms with van der Waals surface area (Å²) in [6.45, 7) is 5.27. The zero-order chi connectivity index (χ0) is 35.6. The average Bonchev–Trinajstić information content (AvgIpc) is 3.95. The fraction of sp³-hybridized carbons (Fsp3) is 0.606. The SMILES string of the molecule is COc1cccc(C(=O)O[C@@H]2C[C@H]3C(=O)N[C@]4(C(=O)NS(=O)(=O)C5CC5)C[C@H]4/C=C\COCCC[C@H](NC(=O)OC(C)(C)C)C(=O)N3C2)c1. The topological polar surface area (TPSA) is 196 Å². The van der Waals surface area contributed by atoms with Gasteiger partial charge in [0.1, 0.15) is 35.1 Å². The van der Waals surface area contributed by atoms with Crippen LogP contribution in [0.5, 0.6) is 5.75 Å². The molecule has 1 saturated heterocycles. The second kappa shape index (κ2) is 14.4. The van der Waals surface area contributed by atoms with Crippen LogP contribution in [0, 0.1) is 5.92 Å². The Hall–Kier alpha value is -4.18. The van der Waals surface area contributed by atoms with Crippen molar-refractivity contribution in [2.45, 2.75) is 93.9 Å². The number of hydrogen-bond acceptors (Lipinski definition) is 11. The number of sulfonamides is 1. The molecule has 0 unspecified atom stereocenters. The van der Waals surface area contributed by atoms with Crippen molar-refractivity contribution in [2.24, 2.45) is 5.92 Å². The fourth-order valence-electron chi connectivity index (χ4n) is 5.98. The van der Waals surface area contributed by atoms with E-state index in [1.807, 2.05) is 0 Å². The summed E-state index contributed by atoms with van der Waals surface area (Å²) < 4.78 is 49.6. The number of nitrogens with one attached hydrogen (secondary N) is 3. The standard InChI is InChI=1S/C33H44N4O11S/c1-32(2,3)48-31(42)34-25-11-7-15-46-14-6-9-21-18-33(21,30(41)36-49(43,44)24-12-13-24)35-27(38)26-17-23(19-37(26)28(25)39)47-29(40)20-8-5-10-22(16-20)45-4/h5-6,8-10,16,21,23-26H,7,11-15,17-19H2,1-4H3,(H,34,42)(H,35,38)(H,36,41)/b9-6-/t21-,23-,25+,26+,33-/m1/s1. The summed E-state index contributed by atoms with van der Waals surface area (Å²) in [5.41, 5.74) is -2.24. The Bertz CT molecular complexity index is 1600. The molecular weight excluding hydrogens is 660 g/mol. The van der Waals surface area contributed by atoms with Gasteiger partial charge in [-0.25, -0.2) is 18.0 Å². The van der Waals surface area contributed by atoms with Gasteiger partial charge in [0, 0.05) is 18.9 Å². The van der Waals surface area contributed by atoms with E-state index in [0.29, 0.717) is 25.0 Å². The molecule has 4 aliphatic rings. The molecular formula is C33H44N4O11S. The van der Waals surface area contributed by atoms with Crippen LogP contribution in [0.2, 0.25) is 0 Å². The van der Waals surface area contributed by atoms with E-state index in [2.05, 4.69) is 15.4 Å². The Kier molecular flexibility index (Phi) is 10.6. The molecule has 0 bridgehead atoms. The first kappa shape index (κ1) is 36.1. The first-order valence-corrected chi connectivity index (χ1v) is 17.9. The number of amides is 4. The lowest BCUT2D eigenvalue weighted by Gasteiger charge is -2.30. The molecule has 1 aromatic carbocycles. The van der Waals surface area contributed by atoms with E-state index < -0.39 is 80.3 Å². The van der Waals surface area contributed by atoms with E-state index in [4.69, 9.17) is 18.9 Å². The molecule has 2 saturated carbocycles. The van der Waals surface area contributed by atoms with Gasteiger partial charge in [-0.3, -0.25) is 19.1 Å². The van der Waals surface area contributed by atoms with Crippen LogP contribution in [0.15, 0.2) is 36.4 Å². The number of carbonyl (C=O) groups excluding carboxylic acids is 5. The maximum absolute atomic E-state index is 14.2. The Morgan fingerprint density at radius 1 is 1.12 bits per heavy atom. The summed E-state index contributed by atoms with van der Waals surface area (Å²) in [6, 6.07) is 3.97. The number of methoxy groups -OCH3 is 1. The minimum absolute atomic E-state index is 0.117. The fourth-order valence-corrected chi connectivity index (χ4v) is 7.34. The van der Waals surface area contributed by atoms with Gasteiger partial charge in [0.15, 0.2) is 0 Å². The lowest BCUT2D eigenvalue weighted by molar-refractivity contribution is -0.141. The average molecular weight is 705 g/mol. The van der Waals surface area contributed by atoms with Crippen molar-refractivity contribution in [3.8, 4) is 5.75 Å². The third kappa shape index (κ3) is 8.90. The van der Waals surface area contributed by atoms with E-state index in [-0.39, 0.29) is 44.6 Å². The molecule has 5 rings (SSSR count). The minimum Gasteiger partial charge on any atom is -0.497 e. The Morgan fingerprint density at radius 3 is 2.57 bits per heavy atom. The third-order valence-corrected chi connectivity index (χ3v) is 10.6. The van der Waals surface area contributed by atoms with Crippen molar-refractivity contribution in [1.29, 1.82) is 0 Å². The summed E-state index contributed by atoms with van der Waals surface area (Å²) in [6.07, 6.45) is 3.03. The van der Waals surface area contributed by atoms with E-state index in [9.17, 15) is 32.4 Å². The zero-order valence-corrected chi connectivity index (χ0v) is 28.9. The number of carbonyl (C=O) groups is 5. The summed E-state index contributed by atoms with van der Waals surface area (Å²) >= 11 is 0. The smallest absolute Gasteiger partial charge is 0.408 e. The van der Waals surface area contributed by atoms with Gasteiger partial charge in [0.25, 0.3) is 5.91 Å². The number of esters is 1. The lowest BCUT2D eigenvalue weighted by atomic mass is 10.1. The van der Waals surface area contributed by atoms with Gasteiger partial charge in [0.2, 0.25) is 21.8 Å². The number of nitrogens with zero attached hydrogens (tertiary/aromatic N) is 1. The number of rotatable bonds is 7. The van der Waals surface area contributed by atoms with Crippen molar-refractivity contribution >= 4 is 39.8 Å². The molecule has 3 fully saturated rings. The van der Waals surface area contributed by atoms with E-state index >= 15 is 0 Å². The minimum atomic E-state index is -3.93. The Labute approximate surface area is 285 Å². The maximum Gasteiger partial charge on any atom is 0.408 e. The molecule has 0 radical (unpaired) electrons. The molecule has 16 heteroatoms. The summed E-state index contributed by atoms with van der Waals surface area (Å²) in [5, 5.41) is 4.70. The van der Waals surface area contributed by atoms with Crippen molar-refractivity contribution in [3.05, 3.63) is 42.0 Å². The Morgan fingerprint density at radius 2 is 1.88 bits per heavy atom. The molecule has 15 nitrogen and oxygen atoms in total. The zero-order valence-electron chi connectivity index (χ0n) is 28.1. The Balaban J connectivity index is 1.43. The van der Waals surface area contributed by atoms with Gasteiger partial charge in [0.05, 0.1) is 31.1 Å². The molecule has 0 aromatic heterocycles.